The first-order valence-electron chi connectivity index (χ1n) is 6.05. The first kappa shape index (κ1) is 13.2. The lowest BCUT2D eigenvalue weighted by atomic mass is 10.0. The van der Waals surface area contributed by atoms with Crippen LogP contribution in [0.4, 0.5) is 4.39 Å². The van der Waals surface area contributed by atoms with E-state index in [1.165, 1.54) is 17.0 Å². The summed E-state index contributed by atoms with van der Waals surface area (Å²) in [6, 6.07) is 6.51. The minimum atomic E-state index is -0.220. The molecule has 0 aliphatic heterocycles. The molecule has 2 N–H and O–H groups in total. The van der Waals surface area contributed by atoms with E-state index in [2.05, 4.69) is 11.9 Å². The molecular formula is C14H17FN2S. The van der Waals surface area contributed by atoms with E-state index in [9.17, 15) is 4.39 Å². The quantitative estimate of drug-likeness (QED) is 0.914. The van der Waals surface area contributed by atoms with E-state index in [-0.39, 0.29) is 5.82 Å². The van der Waals surface area contributed by atoms with E-state index < -0.39 is 0 Å². The molecule has 1 unspecified atom stereocenters. The van der Waals surface area contributed by atoms with Crippen LogP contribution in [0.15, 0.2) is 24.3 Å². The summed E-state index contributed by atoms with van der Waals surface area (Å²) in [6.07, 6.45) is 0.940. The predicted octanol–water partition coefficient (Wildman–Crippen LogP) is 3.71. The Morgan fingerprint density at radius 3 is 2.61 bits per heavy atom. The Morgan fingerprint density at radius 1 is 1.33 bits per heavy atom. The molecule has 1 aromatic carbocycles. The molecule has 18 heavy (non-hydrogen) atoms. The lowest BCUT2D eigenvalue weighted by molar-refractivity contribution is 0.628. The van der Waals surface area contributed by atoms with Crippen molar-refractivity contribution in [1.82, 2.24) is 4.98 Å². The summed E-state index contributed by atoms with van der Waals surface area (Å²) < 4.78 is 13.0. The van der Waals surface area contributed by atoms with Gasteiger partial charge in [-0.25, -0.2) is 9.37 Å². The lowest BCUT2D eigenvalue weighted by Crippen LogP contribution is -2.04. The molecule has 96 valence electrons. The highest BCUT2D eigenvalue weighted by Crippen LogP contribution is 2.35. The number of aromatic nitrogens is 1. The van der Waals surface area contributed by atoms with Crippen molar-refractivity contribution in [3.8, 4) is 11.3 Å². The number of nitrogens with two attached hydrogens (primary N) is 1. The number of benzene rings is 1. The molecule has 0 aliphatic rings. The van der Waals surface area contributed by atoms with Crippen LogP contribution in [0.3, 0.4) is 0 Å². The van der Waals surface area contributed by atoms with Crippen LogP contribution in [-0.2, 0) is 0 Å². The third-order valence-corrected chi connectivity index (χ3v) is 4.13. The van der Waals surface area contributed by atoms with Gasteiger partial charge in [0, 0.05) is 10.4 Å². The molecule has 0 bridgehead atoms. The third-order valence-electron chi connectivity index (χ3n) is 2.93. The highest BCUT2D eigenvalue weighted by atomic mass is 32.1. The molecule has 0 spiro atoms. The van der Waals surface area contributed by atoms with E-state index >= 15 is 0 Å². The number of hydrogen-bond acceptors (Lipinski definition) is 3. The minimum absolute atomic E-state index is 0.220. The third kappa shape index (κ3) is 2.76. The highest BCUT2D eigenvalue weighted by molar-refractivity contribution is 7.12. The maximum Gasteiger partial charge on any atom is 0.123 e. The van der Waals surface area contributed by atoms with Crippen molar-refractivity contribution in [3.63, 3.8) is 0 Å². The van der Waals surface area contributed by atoms with E-state index in [0.717, 1.165) is 22.7 Å². The molecule has 4 heteroatoms. The van der Waals surface area contributed by atoms with Gasteiger partial charge in [-0.05, 0) is 50.1 Å². The van der Waals surface area contributed by atoms with Crippen molar-refractivity contribution < 1.29 is 4.39 Å². The van der Waals surface area contributed by atoms with Crippen molar-refractivity contribution in [3.05, 3.63) is 40.0 Å². The van der Waals surface area contributed by atoms with Gasteiger partial charge in [0.2, 0.25) is 0 Å². The number of nitrogens with zero attached hydrogens (tertiary/aromatic N) is 1. The summed E-state index contributed by atoms with van der Waals surface area (Å²) in [4.78, 5) is 5.81. The van der Waals surface area contributed by atoms with Gasteiger partial charge in [0.05, 0.1) is 10.7 Å². The van der Waals surface area contributed by atoms with Crippen LogP contribution in [0.1, 0.15) is 29.1 Å². The molecule has 2 nitrogen and oxygen atoms in total. The van der Waals surface area contributed by atoms with Crippen molar-refractivity contribution in [1.29, 1.82) is 0 Å². The average molecular weight is 264 g/mol. The maximum absolute atomic E-state index is 13.0. The Balaban J connectivity index is 2.40. The molecule has 0 aliphatic carbocycles. The van der Waals surface area contributed by atoms with Gasteiger partial charge in [-0.1, -0.05) is 6.92 Å². The van der Waals surface area contributed by atoms with Crippen molar-refractivity contribution in [2.45, 2.75) is 26.2 Å². The van der Waals surface area contributed by atoms with Gasteiger partial charge < -0.3 is 5.73 Å². The molecule has 1 aromatic heterocycles. The number of hydrogen-bond donors (Lipinski definition) is 1. The molecule has 0 saturated heterocycles. The standard InChI is InChI=1S/C14H17FN2S/c1-9(7-8-16)14-13(17-10(2)18-14)11-3-5-12(15)6-4-11/h3-6,9H,7-8,16H2,1-2H3. The Labute approximate surface area is 111 Å². The van der Waals surface area contributed by atoms with Gasteiger partial charge in [0.25, 0.3) is 0 Å². The first-order chi connectivity index (χ1) is 8.61. The van der Waals surface area contributed by atoms with Crippen LogP contribution in [0.5, 0.6) is 0 Å². The Bertz CT molecular complexity index is 519. The largest absolute Gasteiger partial charge is 0.330 e. The van der Waals surface area contributed by atoms with Gasteiger partial charge >= 0.3 is 0 Å². The molecule has 0 radical (unpaired) electrons. The molecule has 0 saturated carbocycles. The van der Waals surface area contributed by atoms with E-state index in [1.54, 1.807) is 23.5 Å². The molecule has 0 fully saturated rings. The van der Waals surface area contributed by atoms with Crippen molar-refractivity contribution in [2.24, 2.45) is 5.73 Å². The maximum atomic E-state index is 13.0. The number of aryl methyl sites for hydroxylation is 1. The Hall–Kier alpha value is -1.26. The van der Waals surface area contributed by atoms with E-state index in [0.29, 0.717) is 12.5 Å². The smallest absolute Gasteiger partial charge is 0.123 e. The topological polar surface area (TPSA) is 38.9 Å². The molecular weight excluding hydrogens is 247 g/mol. The monoisotopic (exact) mass is 264 g/mol. The molecule has 2 rings (SSSR count). The fourth-order valence-corrected chi connectivity index (χ4v) is 3.01. The average Bonchev–Trinajstić information content (AvgIpc) is 2.73. The van der Waals surface area contributed by atoms with Gasteiger partial charge in [0.15, 0.2) is 0 Å². The second kappa shape index (κ2) is 5.59. The number of thiazole rings is 1. The highest BCUT2D eigenvalue weighted by Gasteiger charge is 2.16. The number of halogens is 1. The van der Waals surface area contributed by atoms with Gasteiger partial charge in [-0.15, -0.1) is 11.3 Å². The summed E-state index contributed by atoms with van der Waals surface area (Å²) in [6.45, 7) is 4.82. The van der Waals surface area contributed by atoms with Crippen LogP contribution in [0.2, 0.25) is 0 Å². The van der Waals surface area contributed by atoms with Crippen molar-refractivity contribution in [2.75, 3.05) is 6.54 Å². The Kier molecular flexibility index (Phi) is 4.09. The van der Waals surface area contributed by atoms with Gasteiger partial charge in [0.1, 0.15) is 5.82 Å². The van der Waals surface area contributed by atoms with Gasteiger partial charge in [-0.3, -0.25) is 0 Å². The zero-order chi connectivity index (χ0) is 13.1. The second-order valence-corrected chi connectivity index (χ2v) is 5.67. The fraction of sp³-hybridized carbons (Fsp3) is 0.357. The summed E-state index contributed by atoms with van der Waals surface area (Å²) >= 11 is 1.70. The molecule has 0 amide bonds. The van der Waals surface area contributed by atoms with Gasteiger partial charge in [-0.2, -0.15) is 0 Å². The first-order valence-corrected chi connectivity index (χ1v) is 6.86. The molecule has 1 heterocycles. The van der Waals surface area contributed by atoms with Crippen LogP contribution >= 0.6 is 11.3 Å². The van der Waals surface area contributed by atoms with Crippen LogP contribution < -0.4 is 5.73 Å². The number of rotatable bonds is 4. The van der Waals surface area contributed by atoms with Crippen molar-refractivity contribution >= 4 is 11.3 Å². The minimum Gasteiger partial charge on any atom is -0.330 e. The van der Waals surface area contributed by atoms with Crippen LogP contribution in [-0.4, -0.2) is 11.5 Å². The second-order valence-electron chi connectivity index (χ2n) is 4.43. The van der Waals surface area contributed by atoms with E-state index in [4.69, 9.17) is 5.73 Å². The zero-order valence-corrected chi connectivity index (χ0v) is 11.4. The lowest BCUT2D eigenvalue weighted by Gasteiger charge is -2.09. The summed E-state index contributed by atoms with van der Waals surface area (Å²) in [5, 5.41) is 1.04. The predicted molar refractivity (Wildman–Crippen MR) is 74.3 cm³/mol. The SMILES string of the molecule is Cc1nc(-c2ccc(F)cc2)c(C(C)CCN)s1. The normalized spacial score (nSPS) is 12.7. The summed E-state index contributed by atoms with van der Waals surface area (Å²) in [5.74, 6) is 0.170. The van der Waals surface area contributed by atoms with Crippen LogP contribution in [0.25, 0.3) is 11.3 Å². The summed E-state index contributed by atoms with van der Waals surface area (Å²) in [7, 11) is 0. The fourth-order valence-electron chi connectivity index (χ4n) is 1.97. The molecule has 1 atom stereocenters. The Morgan fingerprint density at radius 2 is 2.00 bits per heavy atom. The van der Waals surface area contributed by atoms with E-state index in [1.807, 2.05) is 6.92 Å². The zero-order valence-electron chi connectivity index (χ0n) is 10.6. The summed E-state index contributed by atoms with van der Waals surface area (Å²) in [5.41, 5.74) is 7.56. The molecule has 2 aromatic rings. The van der Waals surface area contributed by atoms with Crippen LogP contribution in [0, 0.1) is 12.7 Å².